The van der Waals surface area contributed by atoms with Crippen LogP contribution < -0.4 is 4.74 Å². The molecule has 2 rings (SSSR count). The van der Waals surface area contributed by atoms with Gasteiger partial charge < -0.3 is 14.2 Å². The number of hydrogen-bond acceptors (Lipinski definition) is 3. The number of alkyl halides is 2. The van der Waals surface area contributed by atoms with Crippen molar-refractivity contribution in [3.8, 4) is 5.75 Å². The van der Waals surface area contributed by atoms with Gasteiger partial charge in [-0.05, 0) is 17.7 Å². The van der Waals surface area contributed by atoms with E-state index in [1.54, 1.807) is 18.2 Å². The van der Waals surface area contributed by atoms with Gasteiger partial charge in [0.05, 0.1) is 18.8 Å². The molecule has 0 bridgehead atoms. The number of hydrogen-bond donors (Lipinski definition) is 0. The molecule has 0 aromatic heterocycles. The van der Waals surface area contributed by atoms with E-state index in [0.29, 0.717) is 18.8 Å². The first kappa shape index (κ1) is 12.0. The number of benzene rings is 1. The molecule has 0 amide bonds. The summed E-state index contributed by atoms with van der Waals surface area (Å²) < 4.78 is 39.5. The van der Waals surface area contributed by atoms with Crippen molar-refractivity contribution in [3.05, 3.63) is 35.9 Å². The van der Waals surface area contributed by atoms with Crippen molar-refractivity contribution in [1.82, 2.24) is 0 Å². The molecule has 0 spiro atoms. The highest BCUT2D eigenvalue weighted by Crippen LogP contribution is 2.33. The highest BCUT2D eigenvalue weighted by atomic mass is 19.3. The van der Waals surface area contributed by atoms with Crippen LogP contribution in [0.15, 0.2) is 24.8 Å². The van der Waals surface area contributed by atoms with Crippen molar-refractivity contribution in [1.29, 1.82) is 0 Å². The minimum atomic E-state index is -2.87. The molecular weight excluding hydrogens is 230 g/mol. The maximum absolute atomic E-state index is 12.2. The third-order valence-corrected chi connectivity index (χ3v) is 2.36. The first-order chi connectivity index (χ1) is 8.20. The minimum Gasteiger partial charge on any atom is -0.434 e. The van der Waals surface area contributed by atoms with E-state index in [9.17, 15) is 8.78 Å². The monoisotopic (exact) mass is 242 g/mol. The third-order valence-electron chi connectivity index (χ3n) is 2.36. The van der Waals surface area contributed by atoms with E-state index >= 15 is 0 Å². The van der Waals surface area contributed by atoms with Gasteiger partial charge in [-0.25, -0.2) is 0 Å². The molecule has 1 saturated heterocycles. The standard InChI is InChI=1S/C12H12F2O3/c1-2-8-3-4-10(17-12(13)14)9(7-8)11-15-5-6-16-11/h2-4,7,11-12H,1,5-6H2. The molecule has 3 nitrogen and oxygen atoms in total. The number of halogens is 2. The van der Waals surface area contributed by atoms with Crippen molar-refractivity contribution < 1.29 is 23.0 Å². The lowest BCUT2D eigenvalue weighted by atomic mass is 10.1. The Kier molecular flexibility index (Phi) is 3.71. The first-order valence-electron chi connectivity index (χ1n) is 5.15. The summed E-state index contributed by atoms with van der Waals surface area (Å²) >= 11 is 0. The Morgan fingerprint density at radius 2 is 2.06 bits per heavy atom. The van der Waals surface area contributed by atoms with Crippen LogP contribution in [0.1, 0.15) is 17.4 Å². The van der Waals surface area contributed by atoms with Crippen molar-refractivity contribution in [2.45, 2.75) is 12.9 Å². The molecule has 1 fully saturated rings. The molecule has 1 aliphatic heterocycles. The topological polar surface area (TPSA) is 27.7 Å². The van der Waals surface area contributed by atoms with Gasteiger partial charge in [-0.2, -0.15) is 8.78 Å². The highest BCUT2D eigenvalue weighted by Gasteiger charge is 2.23. The van der Waals surface area contributed by atoms with Gasteiger partial charge in [0.25, 0.3) is 0 Å². The van der Waals surface area contributed by atoms with E-state index in [-0.39, 0.29) is 5.75 Å². The maximum Gasteiger partial charge on any atom is 0.387 e. The van der Waals surface area contributed by atoms with Gasteiger partial charge in [-0.15, -0.1) is 0 Å². The van der Waals surface area contributed by atoms with Gasteiger partial charge in [0.15, 0.2) is 6.29 Å². The van der Waals surface area contributed by atoms with E-state index in [0.717, 1.165) is 5.56 Å². The van der Waals surface area contributed by atoms with Crippen LogP contribution in [0.2, 0.25) is 0 Å². The summed E-state index contributed by atoms with van der Waals surface area (Å²) in [5.41, 5.74) is 1.25. The van der Waals surface area contributed by atoms with Gasteiger partial charge in [0, 0.05) is 0 Å². The van der Waals surface area contributed by atoms with Gasteiger partial charge >= 0.3 is 6.61 Å². The van der Waals surface area contributed by atoms with Crippen molar-refractivity contribution >= 4 is 6.08 Å². The number of rotatable bonds is 4. The summed E-state index contributed by atoms with van der Waals surface area (Å²) in [5, 5.41) is 0. The molecule has 0 unspecified atom stereocenters. The SMILES string of the molecule is C=Cc1ccc(OC(F)F)c(C2OCCO2)c1. The lowest BCUT2D eigenvalue weighted by molar-refractivity contribution is -0.0659. The lowest BCUT2D eigenvalue weighted by Gasteiger charge is -2.15. The molecule has 1 aliphatic rings. The molecule has 1 heterocycles. The molecule has 1 aromatic rings. The lowest BCUT2D eigenvalue weighted by Crippen LogP contribution is -2.08. The van der Waals surface area contributed by atoms with Crippen molar-refractivity contribution in [3.63, 3.8) is 0 Å². The predicted molar refractivity (Wildman–Crippen MR) is 57.8 cm³/mol. The Hall–Kier alpha value is -1.46. The molecular formula is C12H12F2O3. The molecule has 0 atom stereocenters. The molecule has 0 saturated carbocycles. The zero-order valence-electron chi connectivity index (χ0n) is 9.07. The molecule has 0 aliphatic carbocycles. The van der Waals surface area contributed by atoms with Gasteiger partial charge in [-0.1, -0.05) is 18.7 Å². The average molecular weight is 242 g/mol. The van der Waals surface area contributed by atoms with E-state index < -0.39 is 12.9 Å². The molecule has 17 heavy (non-hydrogen) atoms. The Bertz CT molecular complexity index is 401. The summed E-state index contributed by atoms with van der Waals surface area (Å²) in [6, 6.07) is 4.77. The zero-order valence-corrected chi connectivity index (χ0v) is 9.07. The Morgan fingerprint density at radius 3 is 2.65 bits per heavy atom. The zero-order chi connectivity index (χ0) is 12.3. The van der Waals surface area contributed by atoms with Gasteiger partial charge in [0.1, 0.15) is 5.75 Å². The predicted octanol–water partition coefficient (Wildman–Crippen LogP) is 2.98. The van der Waals surface area contributed by atoms with Crippen LogP contribution >= 0.6 is 0 Å². The fourth-order valence-electron chi connectivity index (χ4n) is 1.62. The highest BCUT2D eigenvalue weighted by molar-refractivity contribution is 5.52. The second kappa shape index (κ2) is 5.25. The smallest absolute Gasteiger partial charge is 0.387 e. The maximum atomic E-state index is 12.2. The van der Waals surface area contributed by atoms with Crippen LogP contribution in [-0.2, 0) is 9.47 Å². The average Bonchev–Trinajstić information content (AvgIpc) is 2.82. The van der Waals surface area contributed by atoms with E-state index in [2.05, 4.69) is 11.3 Å². The largest absolute Gasteiger partial charge is 0.434 e. The molecule has 92 valence electrons. The molecule has 1 aromatic carbocycles. The van der Waals surface area contributed by atoms with Crippen LogP contribution in [0, 0.1) is 0 Å². The van der Waals surface area contributed by atoms with E-state index in [1.165, 1.54) is 6.07 Å². The Morgan fingerprint density at radius 1 is 1.35 bits per heavy atom. The van der Waals surface area contributed by atoms with Gasteiger partial charge in [0.2, 0.25) is 0 Å². The molecule has 0 radical (unpaired) electrons. The fourth-order valence-corrected chi connectivity index (χ4v) is 1.62. The fraction of sp³-hybridized carbons (Fsp3) is 0.333. The van der Waals surface area contributed by atoms with Gasteiger partial charge in [-0.3, -0.25) is 0 Å². The third kappa shape index (κ3) is 2.81. The number of ether oxygens (including phenoxy) is 3. The van der Waals surface area contributed by atoms with Crippen LogP contribution in [-0.4, -0.2) is 19.8 Å². The second-order valence-electron chi connectivity index (χ2n) is 3.45. The Labute approximate surface area is 97.6 Å². The van der Waals surface area contributed by atoms with Crippen molar-refractivity contribution in [2.24, 2.45) is 0 Å². The molecule has 5 heteroatoms. The summed E-state index contributed by atoms with van der Waals surface area (Å²) in [7, 11) is 0. The summed E-state index contributed by atoms with van der Waals surface area (Å²) in [4.78, 5) is 0. The normalized spacial score (nSPS) is 16.4. The van der Waals surface area contributed by atoms with Crippen LogP contribution in [0.5, 0.6) is 5.75 Å². The van der Waals surface area contributed by atoms with Crippen LogP contribution in [0.4, 0.5) is 8.78 Å². The minimum absolute atomic E-state index is 0.0671. The Balaban J connectivity index is 2.32. The van der Waals surface area contributed by atoms with E-state index in [4.69, 9.17) is 9.47 Å². The quantitative estimate of drug-likeness (QED) is 0.812. The van der Waals surface area contributed by atoms with Crippen molar-refractivity contribution in [2.75, 3.05) is 13.2 Å². The summed E-state index contributed by atoms with van der Waals surface area (Å²) in [5.74, 6) is 0.0671. The first-order valence-corrected chi connectivity index (χ1v) is 5.15. The van der Waals surface area contributed by atoms with Crippen LogP contribution in [0.3, 0.4) is 0 Å². The summed E-state index contributed by atoms with van der Waals surface area (Å²) in [6.45, 7) is 1.63. The van der Waals surface area contributed by atoms with E-state index in [1.807, 2.05) is 0 Å². The second-order valence-corrected chi connectivity index (χ2v) is 3.45. The molecule has 0 N–H and O–H groups in total. The summed E-state index contributed by atoms with van der Waals surface area (Å²) in [6.07, 6.45) is 0.966. The van der Waals surface area contributed by atoms with Crippen LogP contribution in [0.25, 0.3) is 6.08 Å².